The molecule has 27 heavy (non-hydrogen) atoms. The van der Waals surface area contributed by atoms with Gasteiger partial charge in [-0.2, -0.15) is 18.3 Å². The fraction of sp³-hybridized carbons (Fsp3) is 0.500. The Hall–Kier alpha value is -2.42. The highest BCUT2D eigenvalue weighted by molar-refractivity contribution is 5.94. The van der Waals surface area contributed by atoms with Crippen LogP contribution in [0.25, 0.3) is 5.69 Å². The van der Waals surface area contributed by atoms with E-state index in [-0.39, 0.29) is 18.1 Å². The lowest BCUT2D eigenvalue weighted by atomic mass is 9.94. The van der Waals surface area contributed by atoms with Crippen molar-refractivity contribution in [2.75, 3.05) is 18.9 Å². The van der Waals surface area contributed by atoms with Gasteiger partial charge in [0, 0.05) is 6.04 Å². The largest absolute Gasteiger partial charge is 0.416 e. The molecule has 1 N–H and O–H groups in total. The predicted molar refractivity (Wildman–Crippen MR) is 94.5 cm³/mol. The van der Waals surface area contributed by atoms with E-state index in [0.717, 1.165) is 37.8 Å². The van der Waals surface area contributed by atoms with Crippen molar-refractivity contribution < 1.29 is 18.0 Å². The van der Waals surface area contributed by atoms with Crippen molar-refractivity contribution in [2.45, 2.75) is 44.3 Å². The number of likely N-dealkylation sites (N-methyl/N-ethyl adjacent to an activating group) is 1. The van der Waals surface area contributed by atoms with Gasteiger partial charge in [0.25, 0.3) is 0 Å². The Morgan fingerprint density at radius 1 is 1.30 bits per heavy atom. The summed E-state index contributed by atoms with van der Waals surface area (Å²) in [5.41, 5.74) is -0.450. The zero-order chi connectivity index (χ0) is 19.4. The SMILES string of the molecule is CN(CC(=O)Nc1cc(C(F)(F)F)ccc1-n1cncn1)C1CCCCC1. The summed E-state index contributed by atoms with van der Waals surface area (Å²) >= 11 is 0. The van der Waals surface area contributed by atoms with E-state index in [1.807, 2.05) is 11.9 Å². The first-order valence-corrected chi connectivity index (χ1v) is 8.91. The summed E-state index contributed by atoms with van der Waals surface area (Å²) in [7, 11) is 1.88. The number of anilines is 1. The molecule has 1 aliphatic rings. The number of amides is 1. The Morgan fingerprint density at radius 2 is 2.04 bits per heavy atom. The molecule has 1 heterocycles. The molecule has 1 saturated carbocycles. The monoisotopic (exact) mass is 381 g/mol. The number of nitrogens with zero attached hydrogens (tertiary/aromatic N) is 4. The highest BCUT2D eigenvalue weighted by Crippen LogP contribution is 2.33. The summed E-state index contributed by atoms with van der Waals surface area (Å²) < 4.78 is 40.6. The first-order chi connectivity index (χ1) is 12.8. The number of aromatic nitrogens is 3. The van der Waals surface area contributed by atoms with Gasteiger partial charge in [-0.15, -0.1) is 0 Å². The van der Waals surface area contributed by atoms with Gasteiger partial charge in [-0.25, -0.2) is 9.67 Å². The second-order valence-corrected chi connectivity index (χ2v) is 6.82. The van der Waals surface area contributed by atoms with Gasteiger partial charge in [-0.1, -0.05) is 19.3 Å². The maximum absolute atomic E-state index is 13.1. The Balaban J connectivity index is 1.78. The normalized spacial score (nSPS) is 15.9. The smallest absolute Gasteiger partial charge is 0.323 e. The quantitative estimate of drug-likeness (QED) is 0.861. The van der Waals surface area contributed by atoms with Crippen molar-refractivity contribution in [3.63, 3.8) is 0 Å². The molecule has 3 rings (SSSR count). The Kier molecular flexibility index (Phi) is 5.79. The van der Waals surface area contributed by atoms with E-state index in [0.29, 0.717) is 11.7 Å². The third-order valence-corrected chi connectivity index (χ3v) is 4.85. The van der Waals surface area contributed by atoms with Crippen LogP contribution in [0, 0.1) is 0 Å². The number of rotatable bonds is 5. The van der Waals surface area contributed by atoms with Gasteiger partial charge in [0.1, 0.15) is 12.7 Å². The number of alkyl halides is 3. The molecule has 146 valence electrons. The average Bonchev–Trinajstić information content (AvgIpc) is 3.16. The molecule has 1 amide bonds. The van der Waals surface area contributed by atoms with Gasteiger partial charge in [-0.3, -0.25) is 9.69 Å². The van der Waals surface area contributed by atoms with E-state index in [1.54, 1.807) is 0 Å². The second kappa shape index (κ2) is 8.08. The number of hydrogen-bond donors (Lipinski definition) is 1. The standard InChI is InChI=1S/C18H22F3N5O/c1-25(14-5-3-2-4-6-14)10-17(27)24-15-9-13(18(19,20)21)7-8-16(15)26-12-22-11-23-26/h7-9,11-12,14H,2-6,10H2,1H3,(H,24,27). The second-order valence-electron chi connectivity index (χ2n) is 6.82. The molecule has 6 nitrogen and oxygen atoms in total. The van der Waals surface area contributed by atoms with Crippen LogP contribution in [-0.4, -0.2) is 45.2 Å². The maximum Gasteiger partial charge on any atom is 0.416 e. The fourth-order valence-electron chi connectivity index (χ4n) is 3.41. The Labute approximate surface area is 155 Å². The number of carbonyl (C=O) groups is 1. The van der Waals surface area contributed by atoms with Crippen molar-refractivity contribution in [1.29, 1.82) is 0 Å². The minimum absolute atomic E-state index is 0.0531. The topological polar surface area (TPSA) is 63.1 Å². The molecule has 1 aromatic carbocycles. The molecule has 0 unspecified atom stereocenters. The van der Waals surface area contributed by atoms with Crippen LogP contribution in [0.3, 0.4) is 0 Å². The number of halogens is 3. The van der Waals surface area contributed by atoms with Crippen molar-refractivity contribution in [2.24, 2.45) is 0 Å². The first kappa shape index (κ1) is 19.3. The van der Waals surface area contributed by atoms with Gasteiger partial charge >= 0.3 is 6.18 Å². The fourth-order valence-corrected chi connectivity index (χ4v) is 3.41. The average molecular weight is 381 g/mol. The van der Waals surface area contributed by atoms with Crippen LogP contribution in [-0.2, 0) is 11.0 Å². The zero-order valence-corrected chi connectivity index (χ0v) is 15.0. The van der Waals surface area contributed by atoms with Crippen molar-refractivity contribution in [3.8, 4) is 5.69 Å². The predicted octanol–water partition coefficient (Wildman–Crippen LogP) is 3.49. The molecule has 2 aromatic rings. The molecule has 0 aliphatic heterocycles. The third kappa shape index (κ3) is 4.85. The minimum Gasteiger partial charge on any atom is -0.323 e. The molecule has 0 saturated heterocycles. The molecule has 1 fully saturated rings. The van der Waals surface area contributed by atoms with Gasteiger partial charge in [-0.05, 0) is 38.1 Å². The molecule has 1 aliphatic carbocycles. The Bertz CT molecular complexity index is 770. The lowest BCUT2D eigenvalue weighted by Crippen LogP contribution is -2.39. The van der Waals surface area contributed by atoms with Crippen LogP contribution in [0.1, 0.15) is 37.7 Å². The molecule has 0 atom stereocenters. The summed E-state index contributed by atoms with van der Waals surface area (Å²) in [6, 6.07) is 3.50. The molecule has 0 radical (unpaired) electrons. The van der Waals surface area contributed by atoms with E-state index in [1.165, 1.54) is 29.8 Å². The van der Waals surface area contributed by atoms with Gasteiger partial charge < -0.3 is 5.32 Å². The van der Waals surface area contributed by atoms with Crippen LogP contribution < -0.4 is 5.32 Å². The summed E-state index contributed by atoms with van der Waals surface area (Å²) in [4.78, 5) is 18.2. The van der Waals surface area contributed by atoms with Crippen molar-refractivity contribution >= 4 is 11.6 Å². The zero-order valence-electron chi connectivity index (χ0n) is 15.0. The highest BCUT2D eigenvalue weighted by atomic mass is 19.4. The molecule has 0 bridgehead atoms. The molecular formula is C18H22F3N5O. The van der Waals surface area contributed by atoms with E-state index in [2.05, 4.69) is 15.4 Å². The van der Waals surface area contributed by atoms with Crippen LogP contribution in [0.4, 0.5) is 18.9 Å². The van der Waals surface area contributed by atoms with Gasteiger partial charge in [0.15, 0.2) is 0 Å². The molecule has 0 spiro atoms. The van der Waals surface area contributed by atoms with Crippen LogP contribution in [0.2, 0.25) is 0 Å². The van der Waals surface area contributed by atoms with E-state index in [4.69, 9.17) is 0 Å². The van der Waals surface area contributed by atoms with E-state index < -0.39 is 11.7 Å². The number of carbonyl (C=O) groups excluding carboxylic acids is 1. The molecular weight excluding hydrogens is 359 g/mol. The number of hydrogen-bond acceptors (Lipinski definition) is 4. The summed E-state index contributed by atoms with van der Waals surface area (Å²) in [6.07, 6.45) is 3.71. The van der Waals surface area contributed by atoms with Gasteiger partial charge in [0.2, 0.25) is 5.91 Å². The summed E-state index contributed by atoms with van der Waals surface area (Å²) in [5, 5.41) is 6.56. The number of nitrogens with one attached hydrogen (secondary N) is 1. The van der Waals surface area contributed by atoms with Crippen molar-refractivity contribution in [1.82, 2.24) is 19.7 Å². The van der Waals surface area contributed by atoms with Crippen LogP contribution in [0.15, 0.2) is 30.9 Å². The summed E-state index contributed by atoms with van der Waals surface area (Å²) in [5.74, 6) is -0.358. The van der Waals surface area contributed by atoms with Crippen LogP contribution >= 0.6 is 0 Å². The lowest BCUT2D eigenvalue weighted by molar-refractivity contribution is -0.137. The third-order valence-electron chi connectivity index (χ3n) is 4.85. The van der Waals surface area contributed by atoms with Crippen molar-refractivity contribution in [3.05, 3.63) is 36.4 Å². The first-order valence-electron chi connectivity index (χ1n) is 8.91. The van der Waals surface area contributed by atoms with E-state index >= 15 is 0 Å². The van der Waals surface area contributed by atoms with Crippen LogP contribution in [0.5, 0.6) is 0 Å². The number of benzene rings is 1. The van der Waals surface area contributed by atoms with Gasteiger partial charge in [0.05, 0.1) is 23.5 Å². The lowest BCUT2D eigenvalue weighted by Gasteiger charge is -2.30. The Morgan fingerprint density at radius 3 is 2.67 bits per heavy atom. The highest BCUT2D eigenvalue weighted by Gasteiger charge is 2.31. The maximum atomic E-state index is 13.1. The molecule has 1 aromatic heterocycles. The minimum atomic E-state index is -4.50. The summed E-state index contributed by atoms with van der Waals surface area (Å²) in [6.45, 7) is 0.123. The van der Waals surface area contributed by atoms with E-state index in [9.17, 15) is 18.0 Å². The molecule has 9 heteroatoms.